The van der Waals surface area contributed by atoms with Gasteiger partial charge in [0.15, 0.2) is 11.5 Å². The minimum absolute atomic E-state index is 0.184. The van der Waals surface area contributed by atoms with Crippen LogP contribution in [0.5, 0.6) is 11.5 Å². The van der Waals surface area contributed by atoms with Crippen LogP contribution >= 0.6 is 0 Å². The van der Waals surface area contributed by atoms with Crippen molar-refractivity contribution >= 4 is 17.9 Å². The van der Waals surface area contributed by atoms with Crippen LogP contribution in [0.3, 0.4) is 0 Å². The topological polar surface area (TPSA) is 76.7 Å². The first kappa shape index (κ1) is 25.6. The number of carbonyl (C=O) groups is 2. The molecule has 0 heterocycles. The van der Waals surface area contributed by atoms with Gasteiger partial charge in [0.05, 0.1) is 14.2 Å². The normalized spacial score (nSPS) is 11.2. The second-order valence-corrected chi connectivity index (χ2v) is 8.39. The molecule has 0 radical (unpaired) electrons. The lowest BCUT2D eigenvalue weighted by Gasteiger charge is -2.13. The number of carbonyl (C=O) groups excluding carboxylic acids is 2. The molecule has 0 spiro atoms. The van der Waals surface area contributed by atoms with Gasteiger partial charge < -0.3 is 20.1 Å². The molecule has 2 amide bonds. The highest BCUT2D eigenvalue weighted by Crippen LogP contribution is 2.27. The summed E-state index contributed by atoms with van der Waals surface area (Å²) in [5.74, 6) is 0.994. The molecule has 182 valence electrons. The number of benzene rings is 3. The van der Waals surface area contributed by atoms with Crippen molar-refractivity contribution < 1.29 is 19.1 Å². The van der Waals surface area contributed by atoms with Crippen molar-refractivity contribution in [3.8, 4) is 11.5 Å². The van der Waals surface area contributed by atoms with Crippen LogP contribution in [-0.2, 0) is 11.2 Å². The highest BCUT2D eigenvalue weighted by molar-refractivity contribution is 6.05. The summed E-state index contributed by atoms with van der Waals surface area (Å²) in [5.41, 5.74) is 3.69. The Morgan fingerprint density at radius 2 is 1.57 bits per heavy atom. The Bertz CT molecular complexity index is 1170. The lowest BCUT2D eigenvalue weighted by atomic mass is 10.0. The first-order valence-electron chi connectivity index (χ1n) is 11.6. The van der Waals surface area contributed by atoms with Crippen LogP contribution in [0.4, 0.5) is 0 Å². The highest BCUT2D eigenvalue weighted by atomic mass is 16.5. The number of hydrogen-bond acceptors (Lipinski definition) is 4. The summed E-state index contributed by atoms with van der Waals surface area (Å²) in [6.45, 7) is 4.64. The van der Waals surface area contributed by atoms with Crippen LogP contribution in [0.15, 0.2) is 78.5 Å². The van der Waals surface area contributed by atoms with Crippen molar-refractivity contribution in [2.24, 2.45) is 0 Å². The molecule has 0 saturated heterocycles. The van der Waals surface area contributed by atoms with Gasteiger partial charge in [0.2, 0.25) is 0 Å². The van der Waals surface area contributed by atoms with Gasteiger partial charge in [-0.1, -0.05) is 62.4 Å². The first-order valence-corrected chi connectivity index (χ1v) is 11.6. The third-order valence-corrected chi connectivity index (χ3v) is 5.59. The third-order valence-electron chi connectivity index (χ3n) is 5.59. The van der Waals surface area contributed by atoms with Crippen molar-refractivity contribution in [2.45, 2.75) is 26.2 Å². The maximum Gasteiger partial charge on any atom is 0.267 e. The molecule has 3 aromatic rings. The SMILES string of the molecule is COc1ccc(CCNC(=O)/C(=C/c2ccc(C(C)C)cc2)NC(=O)c2ccccc2)cc1OC. The first-order chi connectivity index (χ1) is 16.9. The number of rotatable bonds is 10. The van der Waals surface area contributed by atoms with Crippen molar-refractivity contribution in [3.63, 3.8) is 0 Å². The molecule has 3 rings (SSSR count). The number of methoxy groups -OCH3 is 2. The van der Waals surface area contributed by atoms with Crippen molar-refractivity contribution in [1.29, 1.82) is 0 Å². The van der Waals surface area contributed by atoms with Crippen LogP contribution in [0, 0.1) is 0 Å². The lowest BCUT2D eigenvalue weighted by Crippen LogP contribution is -2.35. The number of ether oxygens (including phenoxy) is 2. The maximum atomic E-state index is 13.1. The van der Waals surface area contributed by atoms with E-state index in [1.165, 1.54) is 5.56 Å². The minimum atomic E-state index is -0.359. The van der Waals surface area contributed by atoms with Crippen LogP contribution in [0.2, 0.25) is 0 Å². The molecule has 35 heavy (non-hydrogen) atoms. The molecule has 0 aliphatic rings. The van der Waals surface area contributed by atoms with E-state index < -0.39 is 0 Å². The average Bonchev–Trinajstić information content (AvgIpc) is 2.88. The third kappa shape index (κ3) is 7.21. The fourth-order valence-corrected chi connectivity index (χ4v) is 3.54. The van der Waals surface area contributed by atoms with E-state index in [2.05, 4.69) is 24.5 Å². The summed E-state index contributed by atoms with van der Waals surface area (Å²) in [6, 6.07) is 22.4. The number of nitrogens with one attached hydrogen (secondary N) is 2. The molecule has 0 atom stereocenters. The maximum absolute atomic E-state index is 13.1. The molecule has 0 aliphatic heterocycles. The highest BCUT2D eigenvalue weighted by Gasteiger charge is 2.15. The standard InChI is InChI=1S/C29H32N2O4/c1-20(2)23-13-10-21(11-14-23)18-25(31-28(32)24-8-6-5-7-9-24)29(33)30-17-16-22-12-15-26(34-3)27(19-22)35-4/h5-15,18-20H,16-17H2,1-4H3,(H,30,33)(H,31,32)/b25-18-. The number of amides is 2. The predicted molar refractivity (Wildman–Crippen MR) is 139 cm³/mol. The second kappa shape index (κ2) is 12.4. The van der Waals surface area contributed by atoms with E-state index in [4.69, 9.17) is 9.47 Å². The van der Waals surface area contributed by atoms with E-state index in [-0.39, 0.29) is 17.5 Å². The van der Waals surface area contributed by atoms with E-state index in [9.17, 15) is 9.59 Å². The summed E-state index contributed by atoms with van der Waals surface area (Å²) in [5, 5.41) is 5.68. The van der Waals surface area contributed by atoms with E-state index in [0.717, 1.165) is 11.1 Å². The Morgan fingerprint density at radius 1 is 0.886 bits per heavy atom. The molecular formula is C29H32N2O4. The second-order valence-electron chi connectivity index (χ2n) is 8.39. The molecule has 0 saturated carbocycles. The molecule has 6 heteroatoms. The summed E-state index contributed by atoms with van der Waals surface area (Å²) < 4.78 is 10.6. The van der Waals surface area contributed by atoms with Gasteiger partial charge in [0.1, 0.15) is 5.70 Å². The largest absolute Gasteiger partial charge is 0.493 e. The molecule has 3 aromatic carbocycles. The van der Waals surface area contributed by atoms with E-state index in [1.54, 1.807) is 44.6 Å². The summed E-state index contributed by atoms with van der Waals surface area (Å²) in [7, 11) is 3.18. The molecule has 0 fully saturated rings. The van der Waals surface area contributed by atoms with Gasteiger partial charge >= 0.3 is 0 Å². The Morgan fingerprint density at radius 3 is 2.20 bits per heavy atom. The summed E-state index contributed by atoms with van der Waals surface area (Å²) >= 11 is 0. The molecule has 0 unspecified atom stereocenters. The van der Waals surface area contributed by atoms with E-state index in [1.807, 2.05) is 48.5 Å². The zero-order valence-electron chi connectivity index (χ0n) is 20.6. The van der Waals surface area contributed by atoms with Crippen LogP contribution in [0.1, 0.15) is 46.8 Å². The molecule has 0 aliphatic carbocycles. The monoisotopic (exact) mass is 472 g/mol. The molecule has 0 aromatic heterocycles. The Kier molecular flexibility index (Phi) is 9.07. The van der Waals surface area contributed by atoms with E-state index >= 15 is 0 Å². The number of hydrogen-bond donors (Lipinski definition) is 2. The summed E-state index contributed by atoms with van der Waals surface area (Å²) in [4.78, 5) is 25.8. The zero-order valence-corrected chi connectivity index (χ0v) is 20.6. The van der Waals surface area contributed by atoms with Crippen LogP contribution in [0.25, 0.3) is 6.08 Å². The van der Waals surface area contributed by atoms with Gasteiger partial charge in [-0.15, -0.1) is 0 Å². The molecule has 0 bridgehead atoms. The average molecular weight is 473 g/mol. The zero-order chi connectivity index (χ0) is 25.2. The van der Waals surface area contributed by atoms with E-state index in [0.29, 0.717) is 35.9 Å². The van der Waals surface area contributed by atoms with Crippen LogP contribution in [-0.4, -0.2) is 32.6 Å². The van der Waals surface area contributed by atoms with Gasteiger partial charge in [-0.05, 0) is 59.4 Å². The van der Waals surface area contributed by atoms with Gasteiger partial charge in [-0.25, -0.2) is 0 Å². The van der Waals surface area contributed by atoms with Crippen molar-refractivity contribution in [2.75, 3.05) is 20.8 Å². The molecular weight excluding hydrogens is 440 g/mol. The molecule has 2 N–H and O–H groups in total. The van der Waals surface area contributed by atoms with Gasteiger partial charge in [-0.3, -0.25) is 9.59 Å². The van der Waals surface area contributed by atoms with Gasteiger partial charge in [0.25, 0.3) is 11.8 Å². The summed E-state index contributed by atoms with van der Waals surface area (Å²) in [6.07, 6.45) is 2.28. The Labute approximate surface area is 207 Å². The van der Waals surface area contributed by atoms with Crippen LogP contribution < -0.4 is 20.1 Å². The fraction of sp³-hybridized carbons (Fsp3) is 0.241. The predicted octanol–water partition coefficient (Wildman–Crippen LogP) is 4.96. The Hall–Kier alpha value is -4.06. The lowest BCUT2D eigenvalue weighted by molar-refractivity contribution is -0.117. The quantitative estimate of drug-likeness (QED) is 0.409. The molecule has 6 nitrogen and oxygen atoms in total. The van der Waals surface area contributed by atoms with Crippen molar-refractivity contribution in [1.82, 2.24) is 10.6 Å². The van der Waals surface area contributed by atoms with Gasteiger partial charge in [-0.2, -0.15) is 0 Å². The minimum Gasteiger partial charge on any atom is -0.493 e. The fourth-order valence-electron chi connectivity index (χ4n) is 3.54. The Balaban J connectivity index is 1.74. The van der Waals surface area contributed by atoms with Gasteiger partial charge in [0, 0.05) is 12.1 Å². The van der Waals surface area contributed by atoms with Crippen molar-refractivity contribution in [3.05, 3.63) is 101 Å². The smallest absolute Gasteiger partial charge is 0.267 e.